The summed E-state index contributed by atoms with van der Waals surface area (Å²) in [6, 6.07) is 4.32. The summed E-state index contributed by atoms with van der Waals surface area (Å²) in [7, 11) is -3.55. The maximum atomic E-state index is 12.6. The molecule has 0 bridgehead atoms. The summed E-state index contributed by atoms with van der Waals surface area (Å²) < 4.78 is 26.6. The van der Waals surface area contributed by atoms with Crippen LogP contribution in [0.3, 0.4) is 0 Å². The maximum absolute atomic E-state index is 12.6. The Labute approximate surface area is 143 Å². The van der Waals surface area contributed by atoms with Crippen LogP contribution in [-0.4, -0.2) is 38.3 Å². The molecule has 0 aliphatic carbocycles. The Morgan fingerprint density at radius 2 is 1.96 bits per heavy atom. The van der Waals surface area contributed by atoms with Gasteiger partial charge < -0.3 is 5.32 Å². The molecule has 0 atom stereocenters. The number of nitrogens with zero attached hydrogens (tertiary/aromatic N) is 1. The van der Waals surface area contributed by atoms with E-state index in [-0.39, 0.29) is 21.4 Å². The molecule has 0 spiro atoms. The predicted octanol–water partition coefficient (Wildman–Crippen LogP) is 3.04. The molecule has 2 rings (SSSR count). The Bertz CT molecular complexity index is 655. The first-order valence-corrected chi connectivity index (χ1v) is 9.86. The van der Waals surface area contributed by atoms with Crippen molar-refractivity contribution in [2.45, 2.75) is 43.9 Å². The topological polar surface area (TPSA) is 66.5 Å². The van der Waals surface area contributed by atoms with Crippen molar-refractivity contribution in [3.05, 3.63) is 28.8 Å². The van der Waals surface area contributed by atoms with Gasteiger partial charge in [-0.05, 0) is 37.5 Å². The summed E-state index contributed by atoms with van der Waals surface area (Å²) in [5.41, 5.74) is 0.212. The lowest BCUT2D eigenvalue weighted by Gasteiger charge is -2.16. The first-order chi connectivity index (χ1) is 11.0. The van der Waals surface area contributed by atoms with Crippen LogP contribution < -0.4 is 5.32 Å². The lowest BCUT2D eigenvalue weighted by Crippen LogP contribution is -2.29. The number of hydrogen-bond donors (Lipinski definition) is 1. The number of rotatable bonds is 7. The van der Waals surface area contributed by atoms with Crippen LogP contribution in [0.4, 0.5) is 0 Å². The van der Waals surface area contributed by atoms with Crippen LogP contribution in [0, 0.1) is 0 Å². The molecule has 1 fully saturated rings. The third-order valence-corrected chi connectivity index (χ3v) is 6.18. The zero-order valence-electron chi connectivity index (χ0n) is 13.3. The molecule has 5 nitrogen and oxygen atoms in total. The normalized spacial score (nSPS) is 15.7. The van der Waals surface area contributed by atoms with Crippen molar-refractivity contribution < 1.29 is 13.2 Å². The Balaban J connectivity index is 2.16. The molecule has 1 aliphatic heterocycles. The van der Waals surface area contributed by atoms with Crippen LogP contribution in [0.2, 0.25) is 5.02 Å². The molecule has 0 saturated carbocycles. The molecule has 1 saturated heterocycles. The molecule has 1 aromatic rings. The van der Waals surface area contributed by atoms with Crippen molar-refractivity contribution in [2.75, 3.05) is 19.6 Å². The number of unbranched alkanes of at least 4 members (excludes halogenated alkanes) is 2. The summed E-state index contributed by atoms with van der Waals surface area (Å²) in [6.07, 6.45) is 4.75. The Morgan fingerprint density at radius 1 is 1.26 bits per heavy atom. The van der Waals surface area contributed by atoms with Gasteiger partial charge in [-0.2, -0.15) is 4.31 Å². The van der Waals surface area contributed by atoms with Gasteiger partial charge >= 0.3 is 0 Å². The van der Waals surface area contributed by atoms with E-state index in [2.05, 4.69) is 12.2 Å². The zero-order valence-corrected chi connectivity index (χ0v) is 14.9. The van der Waals surface area contributed by atoms with Crippen LogP contribution >= 0.6 is 11.6 Å². The SMILES string of the molecule is CCCCCNC(=O)c1cc(S(=O)(=O)N2CCCC2)ccc1Cl. The lowest BCUT2D eigenvalue weighted by molar-refractivity contribution is 0.0953. The Morgan fingerprint density at radius 3 is 2.61 bits per heavy atom. The number of benzene rings is 1. The number of halogens is 1. The fourth-order valence-electron chi connectivity index (χ4n) is 2.59. The van der Waals surface area contributed by atoms with E-state index in [0.717, 1.165) is 32.1 Å². The molecule has 1 heterocycles. The second kappa shape index (κ2) is 8.13. The van der Waals surface area contributed by atoms with Gasteiger partial charge in [0.25, 0.3) is 5.91 Å². The molecule has 0 aromatic heterocycles. The smallest absolute Gasteiger partial charge is 0.252 e. The highest BCUT2D eigenvalue weighted by Gasteiger charge is 2.28. The molecular weight excluding hydrogens is 336 g/mol. The molecule has 0 unspecified atom stereocenters. The third kappa shape index (κ3) is 4.46. The lowest BCUT2D eigenvalue weighted by atomic mass is 10.2. The van der Waals surface area contributed by atoms with Gasteiger partial charge in [-0.25, -0.2) is 8.42 Å². The average molecular weight is 359 g/mol. The van der Waals surface area contributed by atoms with E-state index in [4.69, 9.17) is 11.6 Å². The summed E-state index contributed by atoms with van der Waals surface area (Å²) in [5.74, 6) is -0.329. The summed E-state index contributed by atoms with van der Waals surface area (Å²) in [6.45, 7) is 3.71. The molecule has 1 amide bonds. The van der Waals surface area contributed by atoms with Gasteiger partial charge in [-0.3, -0.25) is 4.79 Å². The van der Waals surface area contributed by atoms with E-state index in [0.29, 0.717) is 19.6 Å². The Kier molecular flexibility index (Phi) is 6.44. The molecule has 1 aliphatic rings. The number of sulfonamides is 1. The summed E-state index contributed by atoms with van der Waals surface area (Å²) >= 11 is 6.07. The molecule has 128 valence electrons. The fraction of sp³-hybridized carbons (Fsp3) is 0.562. The van der Waals surface area contributed by atoms with E-state index < -0.39 is 10.0 Å². The number of nitrogens with one attached hydrogen (secondary N) is 1. The summed E-state index contributed by atoms with van der Waals surface area (Å²) in [4.78, 5) is 12.4. The standard InChI is InChI=1S/C16H23ClN2O3S/c1-2-3-4-9-18-16(20)14-12-13(7-8-15(14)17)23(21,22)19-10-5-6-11-19/h7-8,12H,2-6,9-11H2,1H3,(H,18,20). The van der Waals surface area contributed by atoms with Crippen molar-refractivity contribution in [3.8, 4) is 0 Å². The van der Waals surface area contributed by atoms with E-state index in [1.54, 1.807) is 0 Å². The van der Waals surface area contributed by atoms with Crippen LogP contribution in [0.1, 0.15) is 49.4 Å². The van der Waals surface area contributed by atoms with Crippen molar-refractivity contribution in [1.82, 2.24) is 9.62 Å². The first-order valence-electron chi connectivity index (χ1n) is 8.04. The first kappa shape index (κ1) is 18.2. The number of carbonyl (C=O) groups is 1. The van der Waals surface area contributed by atoms with Gasteiger partial charge in [0.2, 0.25) is 10.0 Å². The summed E-state index contributed by atoms with van der Waals surface area (Å²) in [5, 5.41) is 3.05. The van der Waals surface area contributed by atoms with Crippen LogP contribution in [-0.2, 0) is 10.0 Å². The van der Waals surface area contributed by atoms with Crippen molar-refractivity contribution in [3.63, 3.8) is 0 Å². The number of amides is 1. The molecule has 1 N–H and O–H groups in total. The van der Waals surface area contributed by atoms with Crippen molar-refractivity contribution >= 4 is 27.5 Å². The second-order valence-electron chi connectivity index (χ2n) is 5.72. The zero-order chi connectivity index (χ0) is 16.9. The monoisotopic (exact) mass is 358 g/mol. The van der Waals surface area contributed by atoms with Crippen molar-refractivity contribution in [2.24, 2.45) is 0 Å². The highest BCUT2D eigenvalue weighted by atomic mass is 35.5. The minimum absolute atomic E-state index is 0.127. The average Bonchev–Trinajstić information content (AvgIpc) is 3.07. The van der Waals surface area contributed by atoms with E-state index in [1.165, 1.54) is 22.5 Å². The highest BCUT2D eigenvalue weighted by Crippen LogP contribution is 2.25. The molecule has 7 heteroatoms. The molecule has 0 radical (unpaired) electrons. The van der Waals surface area contributed by atoms with Gasteiger partial charge in [-0.15, -0.1) is 0 Å². The van der Waals surface area contributed by atoms with Gasteiger partial charge in [-0.1, -0.05) is 31.4 Å². The van der Waals surface area contributed by atoms with Crippen LogP contribution in [0.25, 0.3) is 0 Å². The van der Waals surface area contributed by atoms with Gasteiger partial charge in [0.15, 0.2) is 0 Å². The van der Waals surface area contributed by atoms with E-state index in [1.807, 2.05) is 0 Å². The quantitative estimate of drug-likeness (QED) is 0.762. The maximum Gasteiger partial charge on any atom is 0.252 e. The highest BCUT2D eigenvalue weighted by molar-refractivity contribution is 7.89. The Hall–Kier alpha value is -1.11. The van der Waals surface area contributed by atoms with Crippen molar-refractivity contribution in [1.29, 1.82) is 0 Å². The van der Waals surface area contributed by atoms with Crippen LogP contribution in [0.15, 0.2) is 23.1 Å². The van der Waals surface area contributed by atoms with E-state index in [9.17, 15) is 13.2 Å². The van der Waals surface area contributed by atoms with Gasteiger partial charge in [0.05, 0.1) is 15.5 Å². The minimum Gasteiger partial charge on any atom is -0.352 e. The van der Waals surface area contributed by atoms with Gasteiger partial charge in [0, 0.05) is 19.6 Å². The van der Waals surface area contributed by atoms with Gasteiger partial charge in [0.1, 0.15) is 0 Å². The van der Waals surface area contributed by atoms with Crippen LogP contribution in [0.5, 0.6) is 0 Å². The largest absolute Gasteiger partial charge is 0.352 e. The minimum atomic E-state index is -3.55. The molecule has 23 heavy (non-hydrogen) atoms. The van der Waals surface area contributed by atoms with E-state index >= 15 is 0 Å². The number of carbonyl (C=O) groups excluding carboxylic acids is 1. The molecular formula is C16H23ClN2O3S. The third-order valence-electron chi connectivity index (χ3n) is 3.95. The number of hydrogen-bond acceptors (Lipinski definition) is 3. The fourth-order valence-corrected chi connectivity index (χ4v) is 4.34. The predicted molar refractivity (Wildman–Crippen MR) is 91.3 cm³/mol. The second-order valence-corrected chi connectivity index (χ2v) is 8.06. The molecule has 1 aromatic carbocycles.